The smallest absolute Gasteiger partial charge is 0.244 e. The summed E-state index contributed by atoms with van der Waals surface area (Å²) in [5.74, 6) is 0.875. The van der Waals surface area contributed by atoms with E-state index in [9.17, 15) is 4.79 Å². The molecule has 0 saturated heterocycles. The first-order valence-electron chi connectivity index (χ1n) is 6.75. The van der Waals surface area contributed by atoms with Gasteiger partial charge in [0.1, 0.15) is 17.9 Å². The minimum absolute atomic E-state index is 0.0150. The molecule has 1 aliphatic heterocycles. The number of fused-ring (bicyclic) bond motifs is 1. The highest BCUT2D eigenvalue weighted by Crippen LogP contribution is 2.27. The molecule has 1 aliphatic rings. The number of para-hydroxylation sites is 1. The van der Waals surface area contributed by atoms with E-state index in [0.29, 0.717) is 6.54 Å². The average molecular weight is 271 g/mol. The normalized spacial score (nSPS) is 18.1. The number of amides is 1. The summed E-state index contributed by atoms with van der Waals surface area (Å²) in [5.41, 5.74) is 1.20. The SMILES string of the molecule is C[C@@H](C(=O)NC[C@@H]1Cc2ccccc2O1)n1cccn1. The average Bonchev–Trinajstić information content (AvgIpc) is 3.12. The van der Waals surface area contributed by atoms with Crippen LogP contribution >= 0.6 is 0 Å². The highest BCUT2D eigenvalue weighted by atomic mass is 16.5. The van der Waals surface area contributed by atoms with E-state index in [1.807, 2.05) is 25.1 Å². The first-order chi connectivity index (χ1) is 9.74. The second kappa shape index (κ2) is 5.36. The van der Waals surface area contributed by atoms with E-state index in [-0.39, 0.29) is 18.1 Å². The van der Waals surface area contributed by atoms with Gasteiger partial charge < -0.3 is 10.1 Å². The number of carbonyl (C=O) groups excluding carboxylic acids is 1. The maximum absolute atomic E-state index is 12.0. The fourth-order valence-corrected chi connectivity index (χ4v) is 2.36. The quantitative estimate of drug-likeness (QED) is 0.918. The largest absolute Gasteiger partial charge is 0.488 e. The zero-order chi connectivity index (χ0) is 13.9. The maximum Gasteiger partial charge on any atom is 0.244 e. The Morgan fingerprint density at radius 2 is 2.35 bits per heavy atom. The molecule has 0 radical (unpaired) electrons. The summed E-state index contributed by atoms with van der Waals surface area (Å²) in [6.07, 6.45) is 4.31. The van der Waals surface area contributed by atoms with Crippen LogP contribution in [0.5, 0.6) is 5.75 Å². The van der Waals surface area contributed by atoms with Gasteiger partial charge in [-0.3, -0.25) is 9.48 Å². The predicted molar refractivity (Wildman–Crippen MR) is 74.5 cm³/mol. The molecule has 0 aliphatic carbocycles. The summed E-state index contributed by atoms with van der Waals surface area (Å²) < 4.78 is 7.43. The molecule has 0 unspecified atom stereocenters. The molecule has 1 aromatic heterocycles. The Labute approximate surface area is 117 Å². The van der Waals surface area contributed by atoms with Gasteiger partial charge in [0.15, 0.2) is 0 Å². The third-order valence-electron chi connectivity index (χ3n) is 3.52. The van der Waals surface area contributed by atoms with E-state index >= 15 is 0 Å². The monoisotopic (exact) mass is 271 g/mol. The van der Waals surface area contributed by atoms with Crippen molar-refractivity contribution in [1.29, 1.82) is 0 Å². The van der Waals surface area contributed by atoms with Crippen LogP contribution in [0.25, 0.3) is 0 Å². The van der Waals surface area contributed by atoms with E-state index in [4.69, 9.17) is 4.74 Å². The summed E-state index contributed by atoms with van der Waals surface area (Å²) in [6, 6.07) is 9.48. The van der Waals surface area contributed by atoms with Gasteiger partial charge in [-0.05, 0) is 24.6 Å². The molecule has 0 fully saturated rings. The lowest BCUT2D eigenvalue weighted by Crippen LogP contribution is -2.38. The minimum atomic E-state index is -0.311. The van der Waals surface area contributed by atoms with Gasteiger partial charge >= 0.3 is 0 Å². The van der Waals surface area contributed by atoms with Gasteiger partial charge in [0, 0.05) is 18.8 Å². The number of hydrogen-bond acceptors (Lipinski definition) is 3. The number of aromatic nitrogens is 2. The summed E-state index contributed by atoms with van der Waals surface area (Å²) in [5, 5.41) is 7.00. The zero-order valence-electron chi connectivity index (χ0n) is 11.3. The van der Waals surface area contributed by atoms with Crippen molar-refractivity contribution in [3.05, 3.63) is 48.3 Å². The van der Waals surface area contributed by atoms with E-state index in [2.05, 4.69) is 16.5 Å². The Kier molecular flexibility index (Phi) is 3.41. The van der Waals surface area contributed by atoms with Crippen molar-refractivity contribution >= 4 is 5.91 Å². The minimum Gasteiger partial charge on any atom is -0.488 e. The first kappa shape index (κ1) is 12.7. The topological polar surface area (TPSA) is 56.1 Å². The molecule has 2 atom stereocenters. The van der Waals surface area contributed by atoms with Gasteiger partial charge in [0.2, 0.25) is 5.91 Å². The van der Waals surface area contributed by atoms with Gasteiger partial charge in [-0.2, -0.15) is 5.10 Å². The van der Waals surface area contributed by atoms with E-state index < -0.39 is 0 Å². The van der Waals surface area contributed by atoms with Crippen LogP contribution in [0, 0.1) is 0 Å². The Bertz CT molecular complexity index is 570. The Balaban J connectivity index is 1.53. The predicted octanol–water partition coefficient (Wildman–Crippen LogP) is 1.56. The fraction of sp³-hybridized carbons (Fsp3) is 0.333. The number of carbonyl (C=O) groups is 1. The molecule has 5 nitrogen and oxygen atoms in total. The lowest BCUT2D eigenvalue weighted by molar-refractivity contribution is -0.124. The van der Waals surface area contributed by atoms with Gasteiger partial charge in [0.05, 0.1) is 6.54 Å². The van der Waals surface area contributed by atoms with Crippen molar-refractivity contribution < 1.29 is 9.53 Å². The van der Waals surface area contributed by atoms with E-state index in [1.165, 1.54) is 5.56 Å². The molecular weight excluding hydrogens is 254 g/mol. The third-order valence-corrected chi connectivity index (χ3v) is 3.52. The summed E-state index contributed by atoms with van der Waals surface area (Å²) in [7, 11) is 0. The Hall–Kier alpha value is -2.30. The van der Waals surface area contributed by atoms with Gasteiger partial charge in [-0.25, -0.2) is 0 Å². The van der Waals surface area contributed by atoms with Gasteiger partial charge in [-0.15, -0.1) is 0 Å². The fourth-order valence-electron chi connectivity index (χ4n) is 2.36. The molecule has 1 N–H and O–H groups in total. The van der Waals surface area contributed by atoms with Crippen LogP contribution in [0.4, 0.5) is 0 Å². The second-order valence-electron chi connectivity index (χ2n) is 4.96. The third kappa shape index (κ3) is 2.52. The summed E-state index contributed by atoms with van der Waals surface area (Å²) >= 11 is 0. The van der Waals surface area contributed by atoms with Crippen LogP contribution in [-0.4, -0.2) is 28.3 Å². The van der Waals surface area contributed by atoms with E-state index in [1.54, 1.807) is 23.1 Å². The van der Waals surface area contributed by atoms with Gasteiger partial charge in [0.25, 0.3) is 0 Å². The molecule has 1 amide bonds. The van der Waals surface area contributed by atoms with E-state index in [0.717, 1.165) is 12.2 Å². The van der Waals surface area contributed by atoms with Crippen LogP contribution in [0.15, 0.2) is 42.7 Å². The zero-order valence-corrected chi connectivity index (χ0v) is 11.3. The molecule has 3 rings (SSSR count). The lowest BCUT2D eigenvalue weighted by Gasteiger charge is -2.15. The van der Waals surface area contributed by atoms with Crippen LogP contribution in [-0.2, 0) is 11.2 Å². The van der Waals surface area contributed by atoms with Crippen molar-refractivity contribution in [1.82, 2.24) is 15.1 Å². The number of nitrogens with zero attached hydrogens (tertiary/aromatic N) is 2. The standard InChI is InChI=1S/C15H17N3O2/c1-11(18-8-4-7-17-18)15(19)16-10-13-9-12-5-2-3-6-14(12)20-13/h2-8,11,13H,9-10H2,1H3,(H,16,19)/t11-,13-/m0/s1. The molecule has 0 bridgehead atoms. The lowest BCUT2D eigenvalue weighted by atomic mass is 10.1. The molecule has 2 heterocycles. The molecular formula is C15H17N3O2. The second-order valence-corrected chi connectivity index (χ2v) is 4.96. The van der Waals surface area contributed by atoms with Crippen molar-refractivity contribution in [2.75, 3.05) is 6.54 Å². The number of ether oxygens (including phenoxy) is 1. The Morgan fingerprint density at radius 1 is 1.50 bits per heavy atom. The van der Waals surface area contributed by atoms with Crippen LogP contribution in [0.3, 0.4) is 0 Å². The first-order valence-corrected chi connectivity index (χ1v) is 6.75. The highest BCUT2D eigenvalue weighted by molar-refractivity contribution is 5.79. The van der Waals surface area contributed by atoms with Crippen LogP contribution in [0.2, 0.25) is 0 Å². The number of benzene rings is 1. The molecule has 2 aromatic rings. The molecule has 104 valence electrons. The van der Waals surface area contributed by atoms with Crippen molar-refractivity contribution in [3.63, 3.8) is 0 Å². The summed E-state index contributed by atoms with van der Waals surface area (Å²) in [6.45, 7) is 2.34. The maximum atomic E-state index is 12.0. The van der Waals surface area contributed by atoms with Crippen molar-refractivity contribution in [3.8, 4) is 5.75 Å². The number of nitrogens with one attached hydrogen (secondary N) is 1. The molecule has 5 heteroatoms. The van der Waals surface area contributed by atoms with Crippen molar-refractivity contribution in [2.24, 2.45) is 0 Å². The summed E-state index contributed by atoms with van der Waals surface area (Å²) in [4.78, 5) is 12.0. The van der Waals surface area contributed by atoms with Crippen molar-refractivity contribution in [2.45, 2.75) is 25.5 Å². The van der Waals surface area contributed by atoms with Crippen LogP contribution < -0.4 is 10.1 Å². The number of rotatable bonds is 4. The molecule has 1 aromatic carbocycles. The Morgan fingerprint density at radius 3 is 3.10 bits per heavy atom. The number of hydrogen-bond donors (Lipinski definition) is 1. The molecule has 0 saturated carbocycles. The highest BCUT2D eigenvalue weighted by Gasteiger charge is 2.23. The molecule has 0 spiro atoms. The van der Waals surface area contributed by atoms with Crippen LogP contribution in [0.1, 0.15) is 18.5 Å². The van der Waals surface area contributed by atoms with Gasteiger partial charge in [-0.1, -0.05) is 18.2 Å². The molecule has 20 heavy (non-hydrogen) atoms.